The molecule has 0 radical (unpaired) electrons. The van der Waals surface area contributed by atoms with Crippen molar-refractivity contribution in [3.8, 4) is 11.5 Å². The second-order valence-corrected chi connectivity index (χ2v) is 9.48. The Morgan fingerprint density at radius 2 is 1.94 bits per heavy atom. The largest absolute Gasteiger partial charge is 0.493 e. The average molecular weight is 500 g/mol. The van der Waals surface area contributed by atoms with Gasteiger partial charge in [0.25, 0.3) is 0 Å². The minimum absolute atomic E-state index is 0.0174. The van der Waals surface area contributed by atoms with E-state index in [2.05, 4.69) is 20.2 Å². The first-order chi connectivity index (χ1) is 16.9. The molecule has 8 nitrogen and oxygen atoms in total. The molecule has 5 rings (SSSR count). The number of fused-ring (bicyclic) bond motifs is 1. The third kappa shape index (κ3) is 4.83. The molecule has 184 valence electrons. The number of halogens is 2. The minimum Gasteiger partial charge on any atom is -0.493 e. The van der Waals surface area contributed by atoms with Crippen LogP contribution >= 0.6 is 11.6 Å². The fourth-order valence-corrected chi connectivity index (χ4v) is 5.02. The Morgan fingerprint density at radius 3 is 2.66 bits per heavy atom. The second-order valence-electron chi connectivity index (χ2n) is 9.07. The van der Waals surface area contributed by atoms with Gasteiger partial charge in [0.15, 0.2) is 17.3 Å². The van der Waals surface area contributed by atoms with E-state index < -0.39 is 5.82 Å². The van der Waals surface area contributed by atoms with Crippen molar-refractivity contribution in [2.24, 2.45) is 11.7 Å². The molecule has 2 fully saturated rings. The van der Waals surface area contributed by atoms with Crippen molar-refractivity contribution in [1.82, 2.24) is 14.9 Å². The summed E-state index contributed by atoms with van der Waals surface area (Å²) in [6.45, 7) is 1.51. The van der Waals surface area contributed by atoms with Crippen LogP contribution in [0.5, 0.6) is 11.5 Å². The molecule has 0 atom stereocenters. The monoisotopic (exact) mass is 499 g/mol. The molecule has 35 heavy (non-hydrogen) atoms. The number of anilines is 2. The van der Waals surface area contributed by atoms with Gasteiger partial charge in [0.05, 0.1) is 35.4 Å². The van der Waals surface area contributed by atoms with Gasteiger partial charge in [-0.05, 0) is 43.9 Å². The number of ether oxygens (including phenoxy) is 2. The first-order valence-corrected chi connectivity index (χ1v) is 12.0. The van der Waals surface area contributed by atoms with E-state index in [0.29, 0.717) is 34.3 Å². The quantitative estimate of drug-likeness (QED) is 0.500. The zero-order valence-corrected chi connectivity index (χ0v) is 20.1. The van der Waals surface area contributed by atoms with Crippen LogP contribution in [0, 0.1) is 11.7 Å². The van der Waals surface area contributed by atoms with E-state index in [1.54, 1.807) is 25.3 Å². The van der Waals surface area contributed by atoms with Gasteiger partial charge in [0.1, 0.15) is 12.1 Å². The molecule has 1 aromatic heterocycles. The van der Waals surface area contributed by atoms with Crippen LogP contribution in [-0.4, -0.2) is 53.1 Å². The number of aromatic nitrogens is 2. The number of carbonyl (C=O) groups is 1. The number of methoxy groups -OCH3 is 1. The third-order valence-corrected chi connectivity index (χ3v) is 7.18. The highest BCUT2D eigenvalue weighted by Crippen LogP contribution is 2.38. The lowest BCUT2D eigenvalue weighted by Gasteiger charge is -2.45. The highest BCUT2D eigenvalue weighted by Gasteiger charge is 2.37. The van der Waals surface area contributed by atoms with Crippen molar-refractivity contribution < 1.29 is 18.7 Å². The van der Waals surface area contributed by atoms with Crippen LogP contribution < -0.4 is 20.5 Å². The maximum absolute atomic E-state index is 14.5. The Kier molecular flexibility index (Phi) is 6.62. The maximum atomic E-state index is 14.5. The van der Waals surface area contributed by atoms with Crippen molar-refractivity contribution in [1.29, 1.82) is 0 Å². The van der Waals surface area contributed by atoms with Gasteiger partial charge in [-0.25, -0.2) is 14.4 Å². The minimum atomic E-state index is -0.549. The van der Waals surface area contributed by atoms with Gasteiger partial charge in [-0.3, -0.25) is 9.69 Å². The van der Waals surface area contributed by atoms with Gasteiger partial charge >= 0.3 is 0 Å². The maximum Gasteiger partial charge on any atom is 0.223 e. The number of nitrogens with zero attached hydrogens (tertiary/aromatic N) is 3. The van der Waals surface area contributed by atoms with Crippen molar-refractivity contribution in [3.05, 3.63) is 47.5 Å². The Morgan fingerprint density at radius 1 is 1.17 bits per heavy atom. The van der Waals surface area contributed by atoms with E-state index in [1.165, 1.54) is 12.4 Å². The van der Waals surface area contributed by atoms with Gasteiger partial charge in [-0.1, -0.05) is 17.7 Å². The van der Waals surface area contributed by atoms with E-state index in [4.69, 9.17) is 26.8 Å². The third-order valence-electron chi connectivity index (χ3n) is 6.89. The summed E-state index contributed by atoms with van der Waals surface area (Å²) in [5.41, 5.74) is 6.26. The van der Waals surface area contributed by atoms with Gasteiger partial charge in [0.2, 0.25) is 5.91 Å². The summed E-state index contributed by atoms with van der Waals surface area (Å²) in [6, 6.07) is 8.83. The Labute approximate surface area is 207 Å². The summed E-state index contributed by atoms with van der Waals surface area (Å²) in [7, 11) is 1.59. The molecule has 2 aromatic carbocycles. The molecule has 1 saturated heterocycles. The lowest BCUT2D eigenvalue weighted by molar-refractivity contribution is -0.128. The van der Waals surface area contributed by atoms with Crippen molar-refractivity contribution >= 4 is 39.9 Å². The predicted molar refractivity (Wildman–Crippen MR) is 132 cm³/mol. The smallest absolute Gasteiger partial charge is 0.223 e. The number of hydrogen-bond donors (Lipinski definition) is 2. The normalized spacial score (nSPS) is 20.9. The molecule has 0 unspecified atom stereocenters. The zero-order chi connectivity index (χ0) is 24.5. The molecule has 1 amide bonds. The number of rotatable bonds is 7. The molecule has 1 saturated carbocycles. The number of carbonyl (C=O) groups excluding carboxylic acids is 1. The summed E-state index contributed by atoms with van der Waals surface area (Å²) < 4.78 is 26.4. The molecular formula is C25H27ClFN5O3. The summed E-state index contributed by atoms with van der Waals surface area (Å²) >= 11 is 5.93. The van der Waals surface area contributed by atoms with E-state index in [-0.39, 0.29) is 28.6 Å². The molecule has 10 heteroatoms. The van der Waals surface area contributed by atoms with E-state index >= 15 is 0 Å². The van der Waals surface area contributed by atoms with Crippen LogP contribution in [0.15, 0.2) is 36.7 Å². The second kappa shape index (κ2) is 9.83. The number of likely N-dealkylation sites (tertiary alicyclic amines) is 1. The number of hydrogen-bond acceptors (Lipinski definition) is 7. The van der Waals surface area contributed by atoms with Gasteiger partial charge in [0, 0.05) is 30.6 Å². The molecule has 1 aliphatic heterocycles. The number of nitrogens with two attached hydrogens (primary N) is 1. The molecule has 3 N–H and O–H groups in total. The van der Waals surface area contributed by atoms with Crippen LogP contribution in [0.3, 0.4) is 0 Å². The molecule has 2 aliphatic rings. The summed E-state index contributed by atoms with van der Waals surface area (Å²) in [6.07, 6.45) is 5.23. The van der Waals surface area contributed by atoms with Crippen LogP contribution in [0.25, 0.3) is 10.9 Å². The van der Waals surface area contributed by atoms with Crippen molar-refractivity contribution in [2.75, 3.05) is 25.5 Å². The Balaban J connectivity index is 1.32. The lowest BCUT2D eigenvalue weighted by atomic mass is 9.87. The van der Waals surface area contributed by atoms with Crippen LogP contribution in [-0.2, 0) is 4.79 Å². The van der Waals surface area contributed by atoms with E-state index in [1.807, 2.05) is 6.07 Å². The summed E-state index contributed by atoms with van der Waals surface area (Å²) in [4.78, 5) is 22.3. The molecular weight excluding hydrogens is 473 g/mol. The zero-order valence-electron chi connectivity index (χ0n) is 19.3. The summed E-state index contributed by atoms with van der Waals surface area (Å²) in [5, 5.41) is 3.72. The number of amides is 1. The number of nitrogens with one attached hydrogen (secondary N) is 1. The number of benzene rings is 2. The molecule has 0 spiro atoms. The lowest BCUT2D eigenvalue weighted by Crippen LogP contribution is -2.57. The van der Waals surface area contributed by atoms with Crippen LogP contribution in [0.4, 0.5) is 15.9 Å². The molecule has 1 aliphatic carbocycles. The SMILES string of the molecule is COc1cc2ncnc(Nc3cccc(Cl)c3F)c2cc1OC1CCC(N2CC(C(N)=O)C2)CC1. The average Bonchev–Trinajstić information content (AvgIpc) is 2.82. The first-order valence-electron chi connectivity index (χ1n) is 11.7. The Bertz CT molecular complexity index is 1250. The van der Waals surface area contributed by atoms with E-state index in [0.717, 1.165) is 38.8 Å². The number of primary amides is 1. The first kappa shape index (κ1) is 23.6. The van der Waals surface area contributed by atoms with Crippen molar-refractivity contribution in [3.63, 3.8) is 0 Å². The highest BCUT2D eigenvalue weighted by molar-refractivity contribution is 6.31. The summed E-state index contributed by atoms with van der Waals surface area (Å²) in [5.74, 6) is 0.825. The van der Waals surface area contributed by atoms with Gasteiger partial charge in [-0.15, -0.1) is 0 Å². The fraction of sp³-hybridized carbons (Fsp3) is 0.400. The fourth-order valence-electron chi connectivity index (χ4n) is 4.84. The van der Waals surface area contributed by atoms with Gasteiger partial charge in [-0.2, -0.15) is 0 Å². The molecule has 3 aromatic rings. The molecule has 2 heterocycles. The standard InChI is InChI=1S/C25H27ClFN5O3/c1-34-21-10-20-17(25(30-13-29-20)31-19-4-2-3-18(26)23(19)27)9-22(21)35-16-7-5-15(6-8-16)32-11-14(12-32)24(28)33/h2-4,9-10,13-16H,5-8,11-12H2,1H3,(H2,28,33)(H,29,30,31). The van der Waals surface area contributed by atoms with Crippen LogP contribution in [0.2, 0.25) is 5.02 Å². The molecule has 0 bridgehead atoms. The Hall–Kier alpha value is -3.17. The topological polar surface area (TPSA) is 103 Å². The predicted octanol–water partition coefficient (Wildman–Crippen LogP) is 4.28. The van der Waals surface area contributed by atoms with E-state index in [9.17, 15) is 9.18 Å². The van der Waals surface area contributed by atoms with Crippen LogP contribution in [0.1, 0.15) is 25.7 Å². The highest BCUT2D eigenvalue weighted by atomic mass is 35.5. The van der Waals surface area contributed by atoms with Gasteiger partial charge < -0.3 is 20.5 Å². The van der Waals surface area contributed by atoms with Crippen molar-refractivity contribution in [2.45, 2.75) is 37.8 Å².